The van der Waals surface area contributed by atoms with E-state index in [1.165, 1.54) is 5.56 Å². The summed E-state index contributed by atoms with van der Waals surface area (Å²) >= 11 is 0. The molecule has 0 radical (unpaired) electrons. The molecule has 0 heterocycles. The highest BCUT2D eigenvalue weighted by molar-refractivity contribution is 5.85. The third kappa shape index (κ3) is 4.76. The lowest BCUT2D eigenvalue weighted by molar-refractivity contribution is 0.394. The minimum Gasteiger partial charge on any atom is -0.497 e. The fourth-order valence-electron chi connectivity index (χ4n) is 1.86. The summed E-state index contributed by atoms with van der Waals surface area (Å²) < 4.78 is 15.6. The van der Waals surface area contributed by atoms with Gasteiger partial charge in [-0.25, -0.2) is 0 Å². The van der Waals surface area contributed by atoms with Gasteiger partial charge >= 0.3 is 0 Å². The molecule has 0 aromatic heterocycles. The first kappa shape index (κ1) is 17.0. The smallest absolute Gasteiger partial charge is 0.124 e. The molecule has 114 valence electrons. The van der Waals surface area contributed by atoms with Crippen molar-refractivity contribution in [3.63, 3.8) is 0 Å². The van der Waals surface area contributed by atoms with Crippen LogP contribution >= 0.6 is 12.4 Å². The second kappa shape index (κ2) is 8.27. The lowest BCUT2D eigenvalue weighted by atomic mass is 10.2. The third-order valence-corrected chi connectivity index (χ3v) is 3.01. The van der Waals surface area contributed by atoms with Crippen LogP contribution in [0.15, 0.2) is 42.5 Å². The number of rotatable bonds is 6. The molecule has 0 fully saturated rings. The Labute approximate surface area is 131 Å². The first-order valence-electron chi connectivity index (χ1n) is 6.35. The number of nitrogens with one attached hydrogen (secondary N) is 1. The maximum atomic E-state index is 5.24. The zero-order valence-corrected chi connectivity index (χ0v) is 13.2. The van der Waals surface area contributed by atoms with E-state index in [-0.39, 0.29) is 12.4 Å². The van der Waals surface area contributed by atoms with Gasteiger partial charge in [-0.1, -0.05) is 12.1 Å². The van der Waals surface area contributed by atoms with Crippen LogP contribution in [0.5, 0.6) is 17.2 Å². The summed E-state index contributed by atoms with van der Waals surface area (Å²) in [4.78, 5) is 0. The first-order valence-corrected chi connectivity index (χ1v) is 6.35. The normalized spacial score (nSPS) is 9.48. The van der Waals surface area contributed by atoms with E-state index >= 15 is 0 Å². The van der Waals surface area contributed by atoms with Crippen molar-refractivity contribution in [1.29, 1.82) is 0 Å². The highest BCUT2D eigenvalue weighted by atomic mass is 35.5. The molecule has 0 unspecified atom stereocenters. The monoisotopic (exact) mass is 309 g/mol. The van der Waals surface area contributed by atoms with Crippen molar-refractivity contribution in [2.75, 3.05) is 26.6 Å². The van der Waals surface area contributed by atoms with Crippen molar-refractivity contribution in [2.24, 2.45) is 0 Å². The maximum Gasteiger partial charge on any atom is 0.124 e. The molecule has 0 amide bonds. The van der Waals surface area contributed by atoms with E-state index in [0.717, 1.165) is 29.5 Å². The van der Waals surface area contributed by atoms with Crippen molar-refractivity contribution in [3.05, 3.63) is 48.0 Å². The van der Waals surface area contributed by atoms with Gasteiger partial charge in [-0.15, -0.1) is 12.4 Å². The van der Waals surface area contributed by atoms with Crippen molar-refractivity contribution in [2.45, 2.75) is 6.54 Å². The molecule has 0 spiro atoms. The predicted molar refractivity (Wildman–Crippen MR) is 87.1 cm³/mol. The van der Waals surface area contributed by atoms with Gasteiger partial charge in [-0.2, -0.15) is 0 Å². The molecule has 2 rings (SSSR count). The predicted octanol–water partition coefficient (Wildman–Crippen LogP) is 3.75. The average Bonchev–Trinajstić information content (AvgIpc) is 2.53. The van der Waals surface area contributed by atoms with E-state index in [2.05, 4.69) is 5.32 Å². The molecule has 0 bridgehead atoms. The Morgan fingerprint density at radius 1 is 0.762 bits per heavy atom. The Bertz CT molecular complexity index is 536. The van der Waals surface area contributed by atoms with Gasteiger partial charge in [0, 0.05) is 30.4 Å². The van der Waals surface area contributed by atoms with E-state index in [4.69, 9.17) is 14.2 Å². The van der Waals surface area contributed by atoms with E-state index in [1.54, 1.807) is 21.3 Å². The van der Waals surface area contributed by atoms with Gasteiger partial charge < -0.3 is 19.5 Å². The Hall–Kier alpha value is -2.07. The molecule has 5 heteroatoms. The molecule has 0 aliphatic carbocycles. The summed E-state index contributed by atoms with van der Waals surface area (Å²) in [6.07, 6.45) is 0. The van der Waals surface area contributed by atoms with Gasteiger partial charge in [-0.3, -0.25) is 0 Å². The number of halogens is 1. The maximum absolute atomic E-state index is 5.24. The molecular weight excluding hydrogens is 290 g/mol. The highest BCUT2D eigenvalue weighted by Gasteiger charge is 2.02. The molecule has 2 aromatic carbocycles. The number of hydrogen-bond acceptors (Lipinski definition) is 4. The number of ether oxygens (including phenoxy) is 3. The van der Waals surface area contributed by atoms with Gasteiger partial charge in [0.25, 0.3) is 0 Å². The van der Waals surface area contributed by atoms with Crippen molar-refractivity contribution in [3.8, 4) is 17.2 Å². The summed E-state index contributed by atoms with van der Waals surface area (Å²) in [6, 6.07) is 13.7. The zero-order valence-electron chi connectivity index (χ0n) is 12.4. The molecule has 21 heavy (non-hydrogen) atoms. The van der Waals surface area contributed by atoms with Crippen molar-refractivity contribution >= 4 is 18.1 Å². The molecule has 0 saturated carbocycles. The van der Waals surface area contributed by atoms with Gasteiger partial charge in [0.15, 0.2) is 0 Å². The lowest BCUT2D eigenvalue weighted by Gasteiger charge is -2.11. The van der Waals surface area contributed by atoms with Crippen molar-refractivity contribution < 1.29 is 14.2 Å². The van der Waals surface area contributed by atoms with Crippen LogP contribution in [0.2, 0.25) is 0 Å². The third-order valence-electron chi connectivity index (χ3n) is 3.01. The van der Waals surface area contributed by atoms with Gasteiger partial charge in [-0.05, 0) is 17.7 Å². The van der Waals surface area contributed by atoms with Crippen LogP contribution < -0.4 is 19.5 Å². The topological polar surface area (TPSA) is 39.7 Å². The van der Waals surface area contributed by atoms with Gasteiger partial charge in [0.05, 0.1) is 21.3 Å². The Kier molecular flexibility index (Phi) is 6.69. The standard InChI is InChI=1S/C16H19NO3.ClH/c1-18-14-6-4-12(5-7-14)11-17-13-8-15(19-2)10-16(9-13)20-3;/h4-10,17H,11H2,1-3H3;1H. The first-order chi connectivity index (χ1) is 9.75. The quantitative estimate of drug-likeness (QED) is 0.882. The second-order valence-corrected chi connectivity index (χ2v) is 4.30. The zero-order chi connectivity index (χ0) is 14.4. The van der Waals surface area contributed by atoms with Crippen LogP contribution in [-0.2, 0) is 6.54 Å². The number of hydrogen-bond donors (Lipinski definition) is 1. The lowest BCUT2D eigenvalue weighted by Crippen LogP contribution is -2.00. The van der Waals surface area contributed by atoms with Gasteiger partial charge in [0.2, 0.25) is 0 Å². The number of benzene rings is 2. The molecule has 2 aromatic rings. The van der Waals surface area contributed by atoms with Crippen LogP contribution in [0, 0.1) is 0 Å². The summed E-state index contributed by atoms with van der Waals surface area (Å²) in [7, 11) is 4.94. The van der Waals surface area contributed by atoms with E-state index in [0.29, 0.717) is 0 Å². The number of anilines is 1. The molecule has 1 N–H and O–H groups in total. The molecule has 4 nitrogen and oxygen atoms in total. The van der Waals surface area contributed by atoms with E-state index in [9.17, 15) is 0 Å². The van der Waals surface area contributed by atoms with Crippen LogP contribution in [-0.4, -0.2) is 21.3 Å². The van der Waals surface area contributed by atoms with Gasteiger partial charge in [0.1, 0.15) is 17.2 Å². The second-order valence-electron chi connectivity index (χ2n) is 4.30. The molecule has 0 aliphatic rings. The highest BCUT2D eigenvalue weighted by Crippen LogP contribution is 2.26. The van der Waals surface area contributed by atoms with Crippen molar-refractivity contribution in [1.82, 2.24) is 0 Å². The minimum absolute atomic E-state index is 0. The summed E-state index contributed by atoms with van der Waals surface area (Å²) in [6.45, 7) is 0.723. The number of methoxy groups -OCH3 is 3. The van der Waals surface area contributed by atoms with Crippen LogP contribution in [0.1, 0.15) is 5.56 Å². The minimum atomic E-state index is 0. The van der Waals surface area contributed by atoms with E-state index < -0.39 is 0 Å². The average molecular weight is 310 g/mol. The fourth-order valence-corrected chi connectivity index (χ4v) is 1.86. The summed E-state index contributed by atoms with van der Waals surface area (Å²) in [5, 5.41) is 3.35. The summed E-state index contributed by atoms with van der Waals surface area (Å²) in [5.41, 5.74) is 2.13. The Morgan fingerprint density at radius 2 is 1.29 bits per heavy atom. The fraction of sp³-hybridized carbons (Fsp3) is 0.250. The molecular formula is C16H20ClNO3. The molecule has 0 saturated heterocycles. The summed E-state index contributed by atoms with van der Waals surface area (Å²) in [5.74, 6) is 2.39. The Morgan fingerprint density at radius 3 is 1.76 bits per heavy atom. The molecule has 0 aliphatic heterocycles. The van der Waals surface area contributed by atoms with E-state index in [1.807, 2.05) is 42.5 Å². The molecule has 0 atom stereocenters. The SMILES string of the molecule is COc1ccc(CNc2cc(OC)cc(OC)c2)cc1.Cl. The van der Waals surface area contributed by atoms with Crippen LogP contribution in [0.25, 0.3) is 0 Å². The van der Waals surface area contributed by atoms with Crippen LogP contribution in [0.3, 0.4) is 0 Å². The largest absolute Gasteiger partial charge is 0.497 e. The Balaban J connectivity index is 0.00000220. The van der Waals surface area contributed by atoms with Crippen LogP contribution in [0.4, 0.5) is 5.69 Å².